The van der Waals surface area contributed by atoms with E-state index in [4.69, 9.17) is 27.6 Å². The standard InChI is InChI=1S/C35H38FN11O12P2/c1-17(2)30(49)44-35-43-29-24(32(51)45-35)41-16-47(29)34-25(18(3)20(12-48)56-34)59-61(54-11-7-10-37)55-13-21-26(58-60(52)53)22(36)33(57-21)46-15-40-23-27(38-14-39-28(23)46)42-31(50)19-8-5-4-6-9-19/h4-6,8-9,14-18,20-22,25-26,33-34,48H,7,11-13H2,1-3H3,(H,38,39,42,50)(H2,43,44,45,49,51). The van der Waals surface area contributed by atoms with Gasteiger partial charge in [-0.05, 0) is 16.7 Å². The Hall–Kier alpha value is -5.31. The smallest absolute Gasteiger partial charge is 0.488 e. The van der Waals surface area contributed by atoms with Crippen molar-refractivity contribution in [3.8, 4) is 6.07 Å². The van der Waals surface area contributed by atoms with Gasteiger partial charge in [0, 0.05) is 17.4 Å². The molecule has 2 amide bonds. The molecule has 23 nitrogen and oxygen atoms in total. The van der Waals surface area contributed by atoms with Crippen molar-refractivity contribution in [3.63, 3.8) is 0 Å². The van der Waals surface area contributed by atoms with Crippen LogP contribution < -0.4 is 21.1 Å². The molecule has 1 aromatic carbocycles. The maximum absolute atomic E-state index is 16.3. The first kappa shape index (κ1) is 43.8. The predicted octanol–water partition coefficient (Wildman–Crippen LogP) is 2.53. The molecule has 2 fully saturated rings. The number of H-pyrrole nitrogens is 1. The van der Waals surface area contributed by atoms with Gasteiger partial charge in [-0.15, -0.1) is 4.52 Å². The number of aromatic nitrogens is 8. The van der Waals surface area contributed by atoms with E-state index in [0.717, 1.165) is 6.33 Å². The summed E-state index contributed by atoms with van der Waals surface area (Å²) in [6.07, 6.45) is -6.29. The van der Waals surface area contributed by atoms with Crippen molar-refractivity contribution in [1.82, 2.24) is 39.0 Å². The van der Waals surface area contributed by atoms with Crippen LogP contribution in [0.2, 0.25) is 0 Å². The number of alkyl halides is 1. The minimum absolute atomic E-state index is 0.0110. The van der Waals surface area contributed by atoms with E-state index in [2.05, 4.69) is 40.5 Å². The molecule has 4 N–H and O–H groups in total. The van der Waals surface area contributed by atoms with Crippen LogP contribution in [-0.4, -0.2) is 106 Å². The van der Waals surface area contributed by atoms with E-state index in [1.54, 1.807) is 51.1 Å². The molecule has 0 saturated carbocycles. The third-order valence-electron chi connectivity index (χ3n) is 9.69. The van der Waals surface area contributed by atoms with Gasteiger partial charge in [-0.25, -0.2) is 24.3 Å². The van der Waals surface area contributed by atoms with Crippen molar-refractivity contribution in [1.29, 1.82) is 5.26 Å². The van der Waals surface area contributed by atoms with Crippen molar-refractivity contribution >= 4 is 62.8 Å². The molecule has 0 radical (unpaired) electrons. The second-order valence-corrected chi connectivity index (χ2v) is 15.8. The molecule has 6 heterocycles. The quantitative estimate of drug-likeness (QED) is 0.0770. The van der Waals surface area contributed by atoms with Crippen LogP contribution in [0.4, 0.5) is 16.2 Å². The zero-order valence-electron chi connectivity index (χ0n) is 32.4. The Bertz CT molecular complexity index is 2490. The highest BCUT2D eigenvalue weighted by atomic mass is 31.2. The second kappa shape index (κ2) is 19.2. The summed E-state index contributed by atoms with van der Waals surface area (Å²) in [6, 6.07) is 10.3. The molecule has 0 aliphatic carbocycles. The summed E-state index contributed by atoms with van der Waals surface area (Å²) in [7, 11) is -6.08. The van der Waals surface area contributed by atoms with Gasteiger partial charge in [-0.3, -0.25) is 33.8 Å². The molecule has 10 unspecified atom stereocenters. The number of benzene rings is 1. The third-order valence-corrected chi connectivity index (χ3v) is 11.3. The van der Waals surface area contributed by atoms with Gasteiger partial charge in [-0.1, -0.05) is 39.0 Å². The Morgan fingerprint density at radius 2 is 1.77 bits per heavy atom. The van der Waals surface area contributed by atoms with Gasteiger partial charge in [-0.2, -0.15) is 10.2 Å². The fraction of sp³-hybridized carbons (Fsp3) is 0.457. The van der Waals surface area contributed by atoms with Crippen molar-refractivity contribution in [2.24, 2.45) is 11.8 Å². The molecule has 5 aromatic rings. The number of ether oxygens (including phenoxy) is 2. The van der Waals surface area contributed by atoms with Crippen LogP contribution in [0.1, 0.15) is 50.0 Å². The maximum Gasteiger partial charge on any atom is 0.488 e. The van der Waals surface area contributed by atoms with Crippen LogP contribution in [0.3, 0.4) is 0 Å². The molecule has 61 heavy (non-hydrogen) atoms. The zero-order valence-corrected chi connectivity index (χ0v) is 34.2. The molecular formula is C35H38FN11O12P2. The number of amides is 2. The molecule has 0 bridgehead atoms. The summed E-state index contributed by atoms with van der Waals surface area (Å²) in [4.78, 5) is 73.7. The maximum atomic E-state index is 16.3. The average Bonchev–Trinajstić information content (AvgIpc) is 4.01. The first-order valence-corrected chi connectivity index (χ1v) is 20.9. The van der Waals surface area contributed by atoms with Crippen LogP contribution >= 0.6 is 16.9 Å². The molecule has 2 saturated heterocycles. The van der Waals surface area contributed by atoms with Crippen LogP contribution in [0.5, 0.6) is 0 Å². The molecule has 10 atom stereocenters. The first-order chi connectivity index (χ1) is 29.4. The Morgan fingerprint density at radius 1 is 1.05 bits per heavy atom. The van der Waals surface area contributed by atoms with Crippen LogP contribution in [0.15, 0.2) is 54.1 Å². The lowest BCUT2D eigenvalue weighted by molar-refractivity contribution is -0.192. The van der Waals surface area contributed by atoms with E-state index < -0.39 is 102 Å². The number of carbonyl (C=O) groups is 2. The number of hydrogen-bond donors (Lipinski definition) is 4. The summed E-state index contributed by atoms with van der Waals surface area (Å²) >= 11 is 0. The van der Waals surface area contributed by atoms with Gasteiger partial charge in [0.25, 0.3) is 11.5 Å². The summed E-state index contributed by atoms with van der Waals surface area (Å²) in [5.74, 6) is -2.02. The molecule has 0 spiro atoms. The molecule has 322 valence electrons. The molecule has 7 rings (SSSR count). The number of imidazole rings is 2. The van der Waals surface area contributed by atoms with Crippen LogP contribution in [0.25, 0.3) is 22.3 Å². The number of anilines is 2. The Balaban J connectivity index is 1.12. The van der Waals surface area contributed by atoms with Crippen molar-refractivity contribution < 1.29 is 56.1 Å². The van der Waals surface area contributed by atoms with Gasteiger partial charge >= 0.3 is 16.9 Å². The van der Waals surface area contributed by atoms with Crippen molar-refractivity contribution in [2.45, 2.75) is 70.2 Å². The van der Waals surface area contributed by atoms with E-state index in [9.17, 15) is 34.2 Å². The fourth-order valence-corrected chi connectivity index (χ4v) is 8.19. The summed E-state index contributed by atoms with van der Waals surface area (Å²) < 4.78 is 66.0. The highest BCUT2D eigenvalue weighted by Crippen LogP contribution is 2.49. The zero-order chi connectivity index (χ0) is 43.4. The number of nitrogens with one attached hydrogen (secondary N) is 3. The van der Waals surface area contributed by atoms with Gasteiger partial charge in [0.05, 0.1) is 51.1 Å². The summed E-state index contributed by atoms with van der Waals surface area (Å²) in [5, 5.41) is 24.6. The highest BCUT2D eigenvalue weighted by molar-refractivity contribution is 7.41. The number of carbonyl (C=O) groups excluding carboxylic acids is 2. The first-order valence-electron chi connectivity index (χ1n) is 18.7. The Kier molecular flexibility index (Phi) is 13.8. The van der Waals surface area contributed by atoms with E-state index in [0.29, 0.717) is 5.56 Å². The number of aliphatic hydroxyl groups excluding tert-OH is 1. The van der Waals surface area contributed by atoms with Crippen LogP contribution in [0, 0.1) is 23.2 Å². The van der Waals surface area contributed by atoms with Gasteiger partial charge < -0.3 is 38.4 Å². The lowest BCUT2D eigenvalue weighted by atomic mass is 10.0. The Morgan fingerprint density at radius 3 is 2.48 bits per heavy atom. The lowest BCUT2D eigenvalue weighted by Gasteiger charge is -2.27. The number of fused-ring (bicyclic) bond motifs is 2. The molecule has 2 aliphatic rings. The van der Waals surface area contributed by atoms with Crippen molar-refractivity contribution in [2.75, 3.05) is 30.5 Å². The minimum atomic E-state index is -3.60. The van der Waals surface area contributed by atoms with Gasteiger partial charge in [0.15, 0.2) is 52.9 Å². The van der Waals surface area contributed by atoms with E-state index in [-0.39, 0.29) is 47.1 Å². The largest absolute Gasteiger partial charge is 0.566 e. The monoisotopic (exact) mass is 885 g/mol. The van der Waals surface area contributed by atoms with Gasteiger partial charge in [0.1, 0.15) is 18.5 Å². The number of nitriles is 1. The number of hydrogen-bond acceptors (Lipinski definition) is 18. The molecule has 26 heteroatoms. The van der Waals surface area contributed by atoms with Crippen molar-refractivity contribution in [3.05, 3.63) is 65.2 Å². The minimum Gasteiger partial charge on any atom is -0.566 e. The topological polar surface area (TPSA) is 305 Å². The summed E-state index contributed by atoms with van der Waals surface area (Å²) in [5.41, 5.74) is -0.257. The number of nitrogens with zero attached hydrogens (tertiary/aromatic N) is 8. The van der Waals surface area contributed by atoms with Crippen LogP contribution in [-0.2, 0) is 36.9 Å². The number of aromatic amines is 1. The Labute approximate surface area is 346 Å². The third kappa shape index (κ3) is 9.46. The number of halogens is 1. The number of aliphatic hydroxyl groups is 1. The van der Waals surface area contributed by atoms with E-state index in [1.165, 1.54) is 21.8 Å². The SMILES string of the molecule is CC(C)C(=O)Nc1nc2c(ncn2C2OC(CO)C(C)C2OP(OCCC#N)OCC2OC(n3cnc4c(NC(=O)c5ccccc5)ncnc43)C(F)C2O[P+](=O)[O-])c(=O)[nH]1. The van der Waals surface area contributed by atoms with Gasteiger partial charge in [0.2, 0.25) is 11.9 Å². The number of rotatable bonds is 17. The van der Waals surface area contributed by atoms with E-state index in [1.807, 2.05) is 6.07 Å². The predicted molar refractivity (Wildman–Crippen MR) is 207 cm³/mol. The summed E-state index contributed by atoms with van der Waals surface area (Å²) in [6.45, 7) is 3.84. The second-order valence-electron chi connectivity index (χ2n) is 14.0. The highest BCUT2D eigenvalue weighted by Gasteiger charge is 2.52. The fourth-order valence-electron chi connectivity index (χ4n) is 6.54. The molecule has 2 aliphatic heterocycles. The van der Waals surface area contributed by atoms with E-state index >= 15 is 4.39 Å². The molecular weight excluding hydrogens is 847 g/mol. The average molecular weight is 886 g/mol. The lowest BCUT2D eigenvalue weighted by Crippen LogP contribution is -2.33. The normalized spacial score (nSPS) is 24.6. The molecule has 4 aromatic heterocycles.